The summed E-state index contributed by atoms with van der Waals surface area (Å²) in [7, 11) is 0. The molecule has 4 heterocycles. The third kappa shape index (κ3) is 6.98. The zero-order valence-electron chi connectivity index (χ0n) is 25.3. The first-order chi connectivity index (χ1) is 21.9. The van der Waals surface area contributed by atoms with Crippen LogP contribution in [-0.4, -0.2) is 113 Å². The molecular weight excluding hydrogens is 577 g/mol. The maximum atomic E-state index is 14.9. The van der Waals surface area contributed by atoms with E-state index in [0.717, 1.165) is 50.6 Å². The maximum absolute atomic E-state index is 14.9. The first kappa shape index (κ1) is 30.6. The molecular formula is C32H38FN9O3. The van der Waals surface area contributed by atoms with Gasteiger partial charge in [0.15, 0.2) is 5.82 Å². The van der Waals surface area contributed by atoms with Gasteiger partial charge in [0.2, 0.25) is 11.9 Å². The van der Waals surface area contributed by atoms with Gasteiger partial charge in [-0.3, -0.25) is 9.69 Å². The van der Waals surface area contributed by atoms with Crippen molar-refractivity contribution < 1.29 is 19.0 Å². The lowest BCUT2D eigenvalue weighted by molar-refractivity contribution is -0.134. The van der Waals surface area contributed by atoms with Crippen molar-refractivity contribution in [2.24, 2.45) is 0 Å². The molecule has 3 aromatic rings. The second-order valence-corrected chi connectivity index (χ2v) is 11.7. The summed E-state index contributed by atoms with van der Waals surface area (Å²) in [6.07, 6.45) is 0.497. The molecule has 3 saturated heterocycles. The summed E-state index contributed by atoms with van der Waals surface area (Å²) in [6, 6.07) is 13.6. The number of aliphatic hydroxyl groups is 1. The molecule has 3 fully saturated rings. The molecule has 0 bridgehead atoms. The van der Waals surface area contributed by atoms with Gasteiger partial charge in [-0.25, -0.2) is 14.4 Å². The zero-order valence-corrected chi connectivity index (χ0v) is 25.3. The highest BCUT2D eigenvalue weighted by Gasteiger charge is 2.32. The number of carbonyl (C=O) groups excluding carboxylic acids is 1. The Kier molecular flexibility index (Phi) is 9.34. The molecule has 0 saturated carbocycles. The number of aryl methyl sites for hydroxylation is 1. The number of halogens is 1. The number of nitrogens with one attached hydrogen (secondary N) is 2. The molecule has 0 unspecified atom stereocenters. The SMILES string of the molecule is Cc1cc(Nc2ncnc(-c3ccc(N[C@H]4CCN(C(=O)CCO)C[C@H]4F)c(C#N)c3)n2)ccc1N1CCN(C2COC2)CC1. The van der Waals surface area contributed by atoms with Crippen LogP contribution in [0.15, 0.2) is 42.7 Å². The van der Waals surface area contributed by atoms with E-state index in [2.05, 4.69) is 60.5 Å². The molecule has 1 amide bonds. The third-order valence-electron chi connectivity index (χ3n) is 8.78. The Bertz CT molecular complexity index is 1560. The summed E-state index contributed by atoms with van der Waals surface area (Å²) in [5, 5.41) is 25.3. The quantitative estimate of drug-likeness (QED) is 0.327. The molecule has 12 nitrogen and oxygen atoms in total. The minimum Gasteiger partial charge on any atom is -0.396 e. The van der Waals surface area contributed by atoms with Crippen molar-refractivity contribution in [1.29, 1.82) is 5.26 Å². The Labute approximate surface area is 261 Å². The molecule has 0 radical (unpaired) electrons. The lowest BCUT2D eigenvalue weighted by atomic mass is 10.0. The Morgan fingerprint density at radius 2 is 1.96 bits per heavy atom. The third-order valence-corrected chi connectivity index (χ3v) is 8.78. The maximum Gasteiger partial charge on any atom is 0.230 e. The molecule has 6 rings (SSSR count). The van der Waals surface area contributed by atoms with E-state index < -0.39 is 12.2 Å². The van der Waals surface area contributed by atoms with Crippen LogP contribution in [0.2, 0.25) is 0 Å². The van der Waals surface area contributed by atoms with Gasteiger partial charge in [-0.1, -0.05) is 0 Å². The molecule has 0 aliphatic carbocycles. The molecule has 45 heavy (non-hydrogen) atoms. The van der Waals surface area contributed by atoms with Gasteiger partial charge in [0, 0.05) is 56.1 Å². The number of hydrogen-bond acceptors (Lipinski definition) is 11. The van der Waals surface area contributed by atoms with Gasteiger partial charge in [0.05, 0.1) is 49.7 Å². The molecule has 3 N–H and O–H groups in total. The van der Waals surface area contributed by atoms with Gasteiger partial charge in [0.25, 0.3) is 0 Å². The van der Waals surface area contributed by atoms with E-state index in [1.165, 1.54) is 16.9 Å². The standard InChI is InChI=1S/C32H38FN9O3/c1-21-14-24(3-5-29(21)41-11-9-40(10-12-41)25-18-45-19-25)37-32-36-20-35-31(39-32)22-2-4-27(23(15-22)16-34)38-28-6-8-42(17-26(28)33)30(44)7-13-43/h2-5,14-15,20,25-26,28,38,43H,6-13,17-19H2,1H3,(H,35,36,37,39)/t26-,28+/m1/s1. The number of aromatic nitrogens is 3. The average Bonchev–Trinajstić information content (AvgIpc) is 3.02. The fourth-order valence-electron chi connectivity index (χ4n) is 6.12. The highest BCUT2D eigenvalue weighted by molar-refractivity contribution is 5.76. The van der Waals surface area contributed by atoms with Crippen LogP contribution in [0.25, 0.3) is 11.4 Å². The lowest BCUT2D eigenvalue weighted by Crippen LogP contribution is -2.56. The first-order valence-corrected chi connectivity index (χ1v) is 15.4. The van der Waals surface area contributed by atoms with Crippen LogP contribution >= 0.6 is 0 Å². The van der Waals surface area contributed by atoms with Crippen LogP contribution in [0.4, 0.5) is 27.4 Å². The average molecular weight is 616 g/mol. The second-order valence-electron chi connectivity index (χ2n) is 11.7. The number of anilines is 4. The number of benzene rings is 2. The topological polar surface area (TPSA) is 143 Å². The van der Waals surface area contributed by atoms with Crippen LogP contribution in [0, 0.1) is 18.3 Å². The molecule has 1 aromatic heterocycles. The summed E-state index contributed by atoms with van der Waals surface area (Å²) in [6.45, 7) is 7.92. The summed E-state index contributed by atoms with van der Waals surface area (Å²) >= 11 is 0. The van der Waals surface area contributed by atoms with Crippen LogP contribution in [0.3, 0.4) is 0 Å². The van der Waals surface area contributed by atoms with Crippen LogP contribution < -0.4 is 15.5 Å². The molecule has 13 heteroatoms. The Hall–Kier alpha value is -4.38. The largest absolute Gasteiger partial charge is 0.396 e. The Balaban J connectivity index is 1.09. The molecule has 236 valence electrons. The van der Waals surface area contributed by atoms with E-state index in [-0.39, 0.29) is 25.5 Å². The van der Waals surface area contributed by atoms with Crippen LogP contribution in [0.1, 0.15) is 24.0 Å². The van der Waals surface area contributed by atoms with E-state index in [1.807, 2.05) is 6.07 Å². The number of nitriles is 1. The monoisotopic (exact) mass is 615 g/mol. The van der Waals surface area contributed by atoms with Crippen molar-refractivity contribution in [3.63, 3.8) is 0 Å². The van der Waals surface area contributed by atoms with Gasteiger partial charge in [-0.15, -0.1) is 0 Å². The van der Waals surface area contributed by atoms with E-state index in [1.54, 1.807) is 18.2 Å². The van der Waals surface area contributed by atoms with Crippen LogP contribution in [-0.2, 0) is 9.53 Å². The number of piperidine rings is 1. The van der Waals surface area contributed by atoms with Crippen LogP contribution in [0.5, 0.6) is 0 Å². The van der Waals surface area contributed by atoms with Gasteiger partial charge >= 0.3 is 0 Å². The van der Waals surface area contributed by atoms with Crippen molar-refractivity contribution >= 4 is 28.9 Å². The van der Waals surface area contributed by atoms with Crippen molar-refractivity contribution in [2.75, 3.05) is 74.6 Å². The summed E-state index contributed by atoms with van der Waals surface area (Å²) in [4.78, 5) is 31.6. The predicted molar refractivity (Wildman–Crippen MR) is 168 cm³/mol. The number of hydrogen-bond donors (Lipinski definition) is 3. The smallest absolute Gasteiger partial charge is 0.230 e. The number of nitrogens with zero attached hydrogens (tertiary/aromatic N) is 7. The highest BCUT2D eigenvalue weighted by atomic mass is 19.1. The van der Waals surface area contributed by atoms with E-state index in [0.29, 0.717) is 47.6 Å². The van der Waals surface area contributed by atoms with E-state index >= 15 is 0 Å². The molecule has 3 aliphatic rings. The summed E-state index contributed by atoms with van der Waals surface area (Å²) < 4.78 is 20.3. The molecule has 2 atom stereocenters. The number of aliphatic hydroxyl groups excluding tert-OH is 1. The fourth-order valence-corrected chi connectivity index (χ4v) is 6.12. The number of rotatable bonds is 9. The van der Waals surface area contributed by atoms with Gasteiger partial charge < -0.3 is 30.3 Å². The van der Waals surface area contributed by atoms with E-state index in [4.69, 9.17) is 9.84 Å². The number of likely N-dealkylation sites (tertiary alicyclic amines) is 1. The van der Waals surface area contributed by atoms with E-state index in [9.17, 15) is 14.4 Å². The zero-order chi connectivity index (χ0) is 31.3. The molecule has 2 aromatic carbocycles. The fraction of sp³-hybridized carbons (Fsp3) is 0.469. The second kappa shape index (κ2) is 13.7. The predicted octanol–water partition coefficient (Wildman–Crippen LogP) is 2.72. The van der Waals surface area contributed by atoms with Gasteiger partial charge in [-0.2, -0.15) is 10.2 Å². The number of piperazine rings is 1. The van der Waals surface area contributed by atoms with Crippen molar-refractivity contribution in [3.8, 4) is 17.5 Å². The van der Waals surface area contributed by atoms with Crippen molar-refractivity contribution in [1.82, 2.24) is 24.8 Å². The Morgan fingerprint density at radius 1 is 1.13 bits per heavy atom. The Morgan fingerprint density at radius 3 is 2.64 bits per heavy atom. The van der Waals surface area contributed by atoms with Crippen molar-refractivity contribution in [2.45, 2.75) is 38.0 Å². The summed E-state index contributed by atoms with van der Waals surface area (Å²) in [5.74, 6) is 0.521. The lowest BCUT2D eigenvalue weighted by Gasteiger charge is -2.43. The number of carbonyl (C=O) groups is 1. The van der Waals surface area contributed by atoms with Gasteiger partial charge in [-0.05, 0) is 55.3 Å². The van der Waals surface area contributed by atoms with Gasteiger partial charge in [0.1, 0.15) is 18.6 Å². The minimum absolute atomic E-state index is 0.0137. The molecule has 0 spiro atoms. The normalized spacial score (nSPS) is 20.8. The molecule has 3 aliphatic heterocycles. The minimum atomic E-state index is -1.31. The number of ether oxygens (including phenoxy) is 1. The summed E-state index contributed by atoms with van der Waals surface area (Å²) in [5.41, 5.74) is 4.71. The highest BCUT2D eigenvalue weighted by Crippen LogP contribution is 2.29. The number of alkyl halides is 1. The van der Waals surface area contributed by atoms with Crippen molar-refractivity contribution in [3.05, 3.63) is 53.9 Å². The number of amides is 1. The first-order valence-electron chi connectivity index (χ1n) is 15.4.